The van der Waals surface area contributed by atoms with Gasteiger partial charge < -0.3 is 4.98 Å². The third-order valence-corrected chi connectivity index (χ3v) is 4.16. The van der Waals surface area contributed by atoms with Gasteiger partial charge in [0.05, 0.1) is 11.9 Å². The molecule has 0 spiro atoms. The predicted molar refractivity (Wildman–Crippen MR) is 99.0 cm³/mol. The lowest BCUT2D eigenvalue weighted by molar-refractivity contribution is 0.337. The molecule has 4 rings (SSSR count). The molecule has 0 saturated carbocycles. The van der Waals surface area contributed by atoms with Crippen molar-refractivity contribution in [2.75, 3.05) is 0 Å². The number of imidazole rings is 1. The van der Waals surface area contributed by atoms with Crippen LogP contribution in [0.4, 0.5) is 4.39 Å². The Labute approximate surface area is 150 Å². The van der Waals surface area contributed by atoms with Crippen LogP contribution in [0.1, 0.15) is 17.6 Å². The van der Waals surface area contributed by atoms with E-state index in [1.54, 1.807) is 30.7 Å². The van der Waals surface area contributed by atoms with Crippen LogP contribution < -0.4 is 0 Å². The number of hydrogen-bond acceptors (Lipinski definition) is 3. The zero-order valence-corrected chi connectivity index (χ0v) is 14.0. The van der Waals surface area contributed by atoms with E-state index in [4.69, 9.17) is 0 Å². The monoisotopic (exact) mass is 344 g/mol. The van der Waals surface area contributed by atoms with Gasteiger partial charge in [0.2, 0.25) is 0 Å². The van der Waals surface area contributed by atoms with Crippen molar-refractivity contribution >= 4 is 0 Å². The Morgan fingerprint density at radius 1 is 0.769 bits per heavy atom. The molecule has 4 nitrogen and oxygen atoms in total. The number of aromatic nitrogens is 4. The third-order valence-electron chi connectivity index (χ3n) is 4.16. The van der Waals surface area contributed by atoms with E-state index in [9.17, 15) is 4.39 Å². The van der Waals surface area contributed by atoms with Crippen LogP contribution in [0, 0.1) is 0 Å². The fourth-order valence-electron chi connectivity index (χ4n) is 2.77. The highest BCUT2D eigenvalue weighted by molar-refractivity contribution is 5.60. The number of rotatable bonds is 5. The molecule has 4 aromatic rings. The predicted octanol–water partition coefficient (Wildman–Crippen LogP) is 4.79. The van der Waals surface area contributed by atoms with E-state index < -0.39 is 6.17 Å². The summed E-state index contributed by atoms with van der Waals surface area (Å²) in [5, 5.41) is 0. The fourth-order valence-corrected chi connectivity index (χ4v) is 2.77. The molecule has 0 saturated heterocycles. The first-order chi connectivity index (χ1) is 12.8. The maximum Gasteiger partial charge on any atom is 0.159 e. The van der Waals surface area contributed by atoms with Crippen LogP contribution >= 0.6 is 0 Å². The summed E-state index contributed by atoms with van der Waals surface area (Å²) in [5.41, 5.74) is 3.21. The molecule has 0 fully saturated rings. The Bertz CT molecular complexity index is 966. The van der Waals surface area contributed by atoms with Crippen molar-refractivity contribution < 1.29 is 4.39 Å². The van der Waals surface area contributed by atoms with E-state index in [0.717, 1.165) is 16.8 Å². The first kappa shape index (κ1) is 16.1. The Hall–Kier alpha value is -3.34. The molecule has 0 radical (unpaired) electrons. The molecule has 0 aliphatic heterocycles. The number of H-pyrrole nitrogens is 1. The van der Waals surface area contributed by atoms with Gasteiger partial charge in [-0.2, -0.15) is 0 Å². The normalized spacial score (nSPS) is 12.0. The molecule has 0 aliphatic carbocycles. The lowest BCUT2D eigenvalue weighted by atomic mass is 10.1. The van der Waals surface area contributed by atoms with Crippen molar-refractivity contribution in [2.45, 2.75) is 12.6 Å². The maximum absolute atomic E-state index is 14.4. The van der Waals surface area contributed by atoms with E-state index >= 15 is 0 Å². The second-order valence-corrected chi connectivity index (χ2v) is 5.99. The summed E-state index contributed by atoms with van der Waals surface area (Å²) in [7, 11) is 0. The van der Waals surface area contributed by atoms with Gasteiger partial charge in [0.15, 0.2) is 5.82 Å². The smallest absolute Gasteiger partial charge is 0.159 e. The van der Waals surface area contributed by atoms with Gasteiger partial charge in [0.25, 0.3) is 0 Å². The summed E-state index contributed by atoms with van der Waals surface area (Å²) >= 11 is 0. The highest BCUT2D eigenvalue weighted by Crippen LogP contribution is 2.23. The largest absolute Gasteiger partial charge is 0.342 e. The molecular weight excluding hydrogens is 327 g/mol. The molecule has 26 heavy (non-hydrogen) atoms. The molecule has 2 heterocycles. The topological polar surface area (TPSA) is 54.5 Å². The number of benzene rings is 2. The summed E-state index contributed by atoms with van der Waals surface area (Å²) in [4.78, 5) is 16.3. The number of alkyl halides is 1. The lowest BCUT2D eigenvalue weighted by Crippen LogP contribution is -1.98. The summed E-state index contributed by atoms with van der Waals surface area (Å²) in [5.74, 6) is 1.27. The van der Waals surface area contributed by atoms with Gasteiger partial charge >= 0.3 is 0 Å². The minimum Gasteiger partial charge on any atom is -0.342 e. The molecule has 1 atom stereocenters. The molecule has 0 aliphatic rings. The van der Waals surface area contributed by atoms with Crippen LogP contribution in [0.25, 0.3) is 22.6 Å². The lowest BCUT2D eigenvalue weighted by Gasteiger charge is -2.06. The number of nitrogens with one attached hydrogen (secondary N) is 1. The maximum atomic E-state index is 14.4. The number of nitrogens with zero attached hydrogens (tertiary/aromatic N) is 3. The van der Waals surface area contributed by atoms with E-state index in [1.807, 2.05) is 48.5 Å². The average Bonchev–Trinajstić information content (AvgIpc) is 3.18. The van der Waals surface area contributed by atoms with E-state index in [2.05, 4.69) is 19.9 Å². The Kier molecular flexibility index (Phi) is 4.51. The fraction of sp³-hybridized carbons (Fsp3) is 0.0952. The van der Waals surface area contributed by atoms with Crippen molar-refractivity contribution in [3.05, 3.63) is 90.6 Å². The molecule has 0 amide bonds. The van der Waals surface area contributed by atoms with Gasteiger partial charge in [0.1, 0.15) is 12.0 Å². The summed E-state index contributed by atoms with van der Waals surface area (Å²) in [6.07, 6.45) is 4.29. The van der Waals surface area contributed by atoms with E-state index in [1.165, 1.54) is 0 Å². The SMILES string of the molecule is FC(Cc1ncc(-c2cnc(-c3ccccc3)nc2)[nH]1)c1ccccc1. The molecule has 1 N–H and O–H groups in total. The van der Waals surface area contributed by atoms with E-state index in [0.29, 0.717) is 17.2 Å². The molecule has 2 aromatic heterocycles. The second-order valence-electron chi connectivity index (χ2n) is 5.99. The molecule has 128 valence electrons. The van der Waals surface area contributed by atoms with Crippen LogP contribution in [0.15, 0.2) is 79.3 Å². The van der Waals surface area contributed by atoms with Crippen molar-refractivity contribution in [3.63, 3.8) is 0 Å². The second kappa shape index (κ2) is 7.27. The first-order valence-corrected chi connectivity index (χ1v) is 8.40. The zero-order chi connectivity index (χ0) is 17.8. The molecular formula is C21H17FN4. The zero-order valence-electron chi connectivity index (χ0n) is 14.0. The van der Waals surface area contributed by atoms with Crippen LogP contribution in [-0.2, 0) is 6.42 Å². The quantitative estimate of drug-likeness (QED) is 0.566. The van der Waals surface area contributed by atoms with Crippen molar-refractivity contribution in [1.29, 1.82) is 0 Å². The Balaban J connectivity index is 1.49. The van der Waals surface area contributed by atoms with Crippen molar-refractivity contribution in [1.82, 2.24) is 19.9 Å². The minimum absolute atomic E-state index is 0.201. The Morgan fingerprint density at radius 3 is 2.12 bits per heavy atom. The molecule has 2 aromatic carbocycles. The van der Waals surface area contributed by atoms with Gasteiger partial charge in [-0.25, -0.2) is 19.3 Å². The van der Waals surface area contributed by atoms with Gasteiger partial charge in [-0.15, -0.1) is 0 Å². The van der Waals surface area contributed by atoms with Crippen LogP contribution in [-0.4, -0.2) is 19.9 Å². The van der Waals surface area contributed by atoms with Gasteiger partial charge in [-0.1, -0.05) is 60.7 Å². The highest BCUT2D eigenvalue weighted by Gasteiger charge is 2.13. The third kappa shape index (κ3) is 3.52. The van der Waals surface area contributed by atoms with Gasteiger partial charge in [0, 0.05) is 29.9 Å². The molecule has 1 unspecified atom stereocenters. The number of hydrogen-bond donors (Lipinski definition) is 1. The summed E-state index contributed by atoms with van der Waals surface area (Å²) in [6, 6.07) is 18.9. The highest BCUT2D eigenvalue weighted by atomic mass is 19.1. The van der Waals surface area contributed by atoms with Crippen molar-refractivity contribution in [3.8, 4) is 22.6 Å². The standard InChI is InChI=1S/C21H17FN4/c22-18(15-7-3-1-4-8-15)11-20-23-14-19(26-20)17-12-24-21(25-13-17)16-9-5-2-6-10-16/h1-10,12-14,18H,11H2,(H,23,26). The Morgan fingerprint density at radius 2 is 1.42 bits per heavy atom. The average molecular weight is 344 g/mol. The van der Waals surface area contributed by atoms with Crippen LogP contribution in [0.5, 0.6) is 0 Å². The van der Waals surface area contributed by atoms with Gasteiger partial charge in [-0.3, -0.25) is 0 Å². The summed E-state index contributed by atoms with van der Waals surface area (Å²) in [6.45, 7) is 0. The van der Waals surface area contributed by atoms with Crippen molar-refractivity contribution in [2.24, 2.45) is 0 Å². The van der Waals surface area contributed by atoms with Gasteiger partial charge in [-0.05, 0) is 5.56 Å². The number of halogens is 1. The van der Waals surface area contributed by atoms with Crippen LogP contribution in [0.2, 0.25) is 0 Å². The van der Waals surface area contributed by atoms with Crippen LogP contribution in [0.3, 0.4) is 0 Å². The number of aromatic amines is 1. The molecule has 0 bridgehead atoms. The minimum atomic E-state index is -1.09. The van der Waals surface area contributed by atoms with E-state index in [-0.39, 0.29) is 6.42 Å². The first-order valence-electron chi connectivity index (χ1n) is 8.40. The molecule has 5 heteroatoms. The summed E-state index contributed by atoms with van der Waals surface area (Å²) < 4.78 is 14.4.